The van der Waals surface area contributed by atoms with E-state index in [0.717, 1.165) is 5.56 Å². The lowest BCUT2D eigenvalue weighted by molar-refractivity contribution is -0.384. The Hall–Kier alpha value is -1.77. The second kappa shape index (κ2) is 5.70. The number of hydrogen-bond donors (Lipinski definition) is 0. The third-order valence-corrected chi connectivity index (χ3v) is 5.29. The minimum Gasteiger partial charge on any atom is -0.258 e. The molecule has 6 nitrogen and oxygen atoms in total. The molecule has 106 valence electrons. The van der Waals surface area contributed by atoms with E-state index in [9.17, 15) is 18.5 Å². The minimum atomic E-state index is -3.64. The molecule has 0 unspecified atom stereocenters. The van der Waals surface area contributed by atoms with Gasteiger partial charge in [-0.1, -0.05) is 0 Å². The first-order chi connectivity index (χ1) is 9.41. The van der Waals surface area contributed by atoms with Crippen LogP contribution in [0.3, 0.4) is 0 Å². The van der Waals surface area contributed by atoms with E-state index in [-0.39, 0.29) is 17.1 Å². The van der Waals surface area contributed by atoms with Crippen LogP contribution in [0.25, 0.3) is 0 Å². The van der Waals surface area contributed by atoms with Crippen LogP contribution in [-0.2, 0) is 16.6 Å². The Morgan fingerprint density at radius 1 is 1.25 bits per heavy atom. The average Bonchev–Trinajstić information content (AvgIpc) is 2.91. The van der Waals surface area contributed by atoms with E-state index in [1.165, 1.54) is 47.0 Å². The van der Waals surface area contributed by atoms with Crippen LogP contribution in [0.2, 0.25) is 0 Å². The van der Waals surface area contributed by atoms with Crippen molar-refractivity contribution in [3.05, 3.63) is 56.8 Å². The van der Waals surface area contributed by atoms with Crippen LogP contribution < -0.4 is 0 Å². The molecule has 20 heavy (non-hydrogen) atoms. The first kappa shape index (κ1) is 14.6. The molecule has 1 heterocycles. The summed E-state index contributed by atoms with van der Waals surface area (Å²) >= 11 is 1.50. The van der Waals surface area contributed by atoms with Crippen molar-refractivity contribution in [1.29, 1.82) is 0 Å². The number of nitro benzene ring substituents is 1. The van der Waals surface area contributed by atoms with Gasteiger partial charge in [-0.3, -0.25) is 10.1 Å². The molecular weight excluding hydrogens is 300 g/mol. The molecular formula is C12H12N2O4S2. The van der Waals surface area contributed by atoms with Gasteiger partial charge in [0.25, 0.3) is 5.69 Å². The maximum atomic E-state index is 12.3. The second-order valence-corrected chi connectivity index (χ2v) is 6.97. The van der Waals surface area contributed by atoms with Gasteiger partial charge >= 0.3 is 0 Å². The highest BCUT2D eigenvalue weighted by Crippen LogP contribution is 2.20. The fourth-order valence-electron chi connectivity index (χ4n) is 1.64. The smallest absolute Gasteiger partial charge is 0.258 e. The first-order valence-corrected chi connectivity index (χ1v) is 8.01. The van der Waals surface area contributed by atoms with E-state index in [2.05, 4.69) is 0 Å². The summed E-state index contributed by atoms with van der Waals surface area (Å²) in [6, 6.07) is 6.72. The molecule has 0 saturated carbocycles. The SMILES string of the molecule is CN(Cc1ccsc1)S(=O)(=O)c1ccc([N+](=O)[O-])cc1. The van der Waals surface area contributed by atoms with Crippen LogP contribution in [0, 0.1) is 10.1 Å². The fraction of sp³-hybridized carbons (Fsp3) is 0.167. The number of hydrogen-bond acceptors (Lipinski definition) is 5. The highest BCUT2D eigenvalue weighted by molar-refractivity contribution is 7.89. The third-order valence-electron chi connectivity index (χ3n) is 2.74. The Bertz CT molecular complexity index is 694. The van der Waals surface area contributed by atoms with Crippen molar-refractivity contribution < 1.29 is 13.3 Å². The Balaban J connectivity index is 2.23. The van der Waals surface area contributed by atoms with Gasteiger partial charge in [-0.15, -0.1) is 0 Å². The van der Waals surface area contributed by atoms with Crippen LogP contribution in [0.1, 0.15) is 5.56 Å². The monoisotopic (exact) mass is 312 g/mol. The number of non-ortho nitro benzene ring substituents is 1. The van der Waals surface area contributed by atoms with Crippen molar-refractivity contribution in [2.45, 2.75) is 11.4 Å². The molecule has 0 saturated heterocycles. The van der Waals surface area contributed by atoms with Gasteiger partial charge in [-0.05, 0) is 34.5 Å². The van der Waals surface area contributed by atoms with Crippen LogP contribution >= 0.6 is 11.3 Å². The van der Waals surface area contributed by atoms with Crippen molar-refractivity contribution in [3.8, 4) is 0 Å². The molecule has 2 aromatic rings. The van der Waals surface area contributed by atoms with Crippen molar-refractivity contribution >= 4 is 27.0 Å². The fourth-order valence-corrected chi connectivity index (χ4v) is 3.46. The standard InChI is InChI=1S/C12H12N2O4S2/c1-13(8-10-6-7-19-9-10)20(17,18)12-4-2-11(3-5-12)14(15)16/h2-7,9H,8H2,1H3. The molecule has 0 atom stereocenters. The molecule has 0 N–H and O–H groups in total. The zero-order chi connectivity index (χ0) is 14.8. The maximum Gasteiger partial charge on any atom is 0.269 e. The quantitative estimate of drug-likeness (QED) is 0.627. The second-order valence-electron chi connectivity index (χ2n) is 4.14. The van der Waals surface area contributed by atoms with E-state index in [1.807, 2.05) is 16.8 Å². The molecule has 1 aromatic heterocycles. The molecule has 2 rings (SSSR count). The summed E-state index contributed by atoms with van der Waals surface area (Å²) in [5.41, 5.74) is 0.771. The van der Waals surface area contributed by atoms with Gasteiger partial charge < -0.3 is 0 Å². The summed E-state index contributed by atoms with van der Waals surface area (Å²) in [5, 5.41) is 14.3. The van der Waals surface area contributed by atoms with Crippen LogP contribution in [0.15, 0.2) is 46.0 Å². The Labute approximate surface area is 120 Å². The molecule has 0 spiro atoms. The lowest BCUT2D eigenvalue weighted by atomic mass is 10.3. The van der Waals surface area contributed by atoms with Gasteiger partial charge in [0.1, 0.15) is 0 Å². The van der Waals surface area contributed by atoms with Gasteiger partial charge in [-0.25, -0.2) is 8.42 Å². The lowest BCUT2D eigenvalue weighted by Crippen LogP contribution is -2.26. The summed E-state index contributed by atoms with van der Waals surface area (Å²) in [7, 11) is -2.16. The Morgan fingerprint density at radius 2 is 1.90 bits per heavy atom. The molecule has 8 heteroatoms. The van der Waals surface area contributed by atoms with Gasteiger partial charge in [-0.2, -0.15) is 15.6 Å². The maximum absolute atomic E-state index is 12.3. The molecule has 0 aliphatic rings. The van der Waals surface area contributed by atoms with E-state index in [1.54, 1.807) is 0 Å². The number of nitro groups is 1. The number of thiophene rings is 1. The predicted molar refractivity (Wildman–Crippen MR) is 76.1 cm³/mol. The number of rotatable bonds is 5. The summed E-state index contributed by atoms with van der Waals surface area (Å²) < 4.78 is 25.8. The van der Waals surface area contributed by atoms with Crippen molar-refractivity contribution in [2.75, 3.05) is 7.05 Å². The van der Waals surface area contributed by atoms with E-state index in [4.69, 9.17) is 0 Å². The predicted octanol–water partition coefficient (Wildman–Crippen LogP) is 2.48. The summed E-state index contributed by atoms with van der Waals surface area (Å²) in [5.74, 6) is 0. The molecule has 0 fully saturated rings. The molecule has 1 aromatic carbocycles. The zero-order valence-corrected chi connectivity index (χ0v) is 12.2. The summed E-state index contributed by atoms with van der Waals surface area (Å²) in [4.78, 5) is 10.0. The first-order valence-electron chi connectivity index (χ1n) is 5.63. The van der Waals surface area contributed by atoms with Crippen LogP contribution in [0.5, 0.6) is 0 Å². The largest absolute Gasteiger partial charge is 0.269 e. The minimum absolute atomic E-state index is 0.0424. The highest BCUT2D eigenvalue weighted by Gasteiger charge is 2.21. The van der Waals surface area contributed by atoms with E-state index < -0.39 is 14.9 Å². The van der Waals surface area contributed by atoms with Crippen molar-refractivity contribution in [1.82, 2.24) is 4.31 Å². The summed E-state index contributed by atoms with van der Waals surface area (Å²) in [6.45, 7) is 0.267. The van der Waals surface area contributed by atoms with Crippen LogP contribution in [0.4, 0.5) is 5.69 Å². The van der Waals surface area contributed by atoms with Gasteiger partial charge in [0.05, 0.1) is 9.82 Å². The average molecular weight is 312 g/mol. The Morgan fingerprint density at radius 3 is 2.40 bits per heavy atom. The molecule has 0 radical (unpaired) electrons. The van der Waals surface area contributed by atoms with Crippen molar-refractivity contribution in [3.63, 3.8) is 0 Å². The molecule has 0 aliphatic heterocycles. The summed E-state index contributed by atoms with van der Waals surface area (Å²) in [6.07, 6.45) is 0. The molecule has 0 bridgehead atoms. The van der Waals surface area contributed by atoms with Gasteiger partial charge in [0, 0.05) is 25.7 Å². The Kier molecular flexibility index (Phi) is 4.17. The normalized spacial score (nSPS) is 11.7. The number of sulfonamides is 1. The van der Waals surface area contributed by atoms with Gasteiger partial charge in [0.15, 0.2) is 0 Å². The highest BCUT2D eigenvalue weighted by atomic mass is 32.2. The third kappa shape index (κ3) is 3.03. The number of benzene rings is 1. The number of nitrogens with zero attached hydrogens (tertiary/aromatic N) is 2. The lowest BCUT2D eigenvalue weighted by Gasteiger charge is -2.16. The topological polar surface area (TPSA) is 80.5 Å². The van der Waals surface area contributed by atoms with E-state index in [0.29, 0.717) is 0 Å². The van der Waals surface area contributed by atoms with Crippen molar-refractivity contribution in [2.24, 2.45) is 0 Å². The van der Waals surface area contributed by atoms with Crippen LogP contribution in [-0.4, -0.2) is 24.7 Å². The van der Waals surface area contributed by atoms with E-state index >= 15 is 0 Å². The molecule has 0 aliphatic carbocycles. The zero-order valence-electron chi connectivity index (χ0n) is 10.6. The molecule has 0 amide bonds. The van der Waals surface area contributed by atoms with Gasteiger partial charge in [0.2, 0.25) is 10.0 Å².